The van der Waals surface area contributed by atoms with Crippen LogP contribution in [-0.4, -0.2) is 133 Å². The van der Waals surface area contributed by atoms with Crippen molar-refractivity contribution in [2.45, 2.75) is 106 Å². The van der Waals surface area contributed by atoms with Crippen molar-refractivity contribution in [2.24, 2.45) is 11.3 Å². The zero-order valence-electron chi connectivity index (χ0n) is 36.0. The Hall–Kier alpha value is -4.43. The number of carbonyl (C=O) groups is 3. The molecule has 6 aliphatic rings. The summed E-state index contributed by atoms with van der Waals surface area (Å²) in [7, 11) is 6.18. The maximum Gasteiger partial charge on any atom is 0.344 e. The van der Waals surface area contributed by atoms with Crippen molar-refractivity contribution in [1.29, 1.82) is 0 Å². The minimum absolute atomic E-state index is 0.113. The molecule has 3 aromatic rings. The second-order valence-corrected chi connectivity index (χ2v) is 18.5. The Morgan fingerprint density at radius 1 is 0.950 bits per heavy atom. The van der Waals surface area contributed by atoms with Gasteiger partial charge in [-0.25, -0.2) is 4.79 Å². The molecule has 2 bridgehead atoms. The summed E-state index contributed by atoms with van der Waals surface area (Å²) in [4.78, 5) is 53.2. The first-order valence-electron chi connectivity index (χ1n) is 21.7. The van der Waals surface area contributed by atoms with Crippen LogP contribution in [0.25, 0.3) is 10.9 Å². The van der Waals surface area contributed by atoms with E-state index in [4.69, 9.17) is 18.9 Å². The summed E-state index contributed by atoms with van der Waals surface area (Å²) < 4.78 is 23.9. The van der Waals surface area contributed by atoms with Gasteiger partial charge < -0.3 is 39.0 Å². The number of nitrogens with zero attached hydrogens (tertiary/aromatic N) is 3. The lowest BCUT2D eigenvalue weighted by molar-refractivity contribution is -0.228. The third-order valence-electron chi connectivity index (χ3n) is 15.9. The van der Waals surface area contributed by atoms with Gasteiger partial charge in [-0.15, -0.1) is 0 Å². The van der Waals surface area contributed by atoms with Crippen molar-refractivity contribution in [3.05, 3.63) is 70.9 Å². The molecule has 5 aliphatic heterocycles. The maximum atomic E-state index is 15.3. The number of carbonyl (C=O) groups excluding carboxylic acids is 3. The van der Waals surface area contributed by atoms with Gasteiger partial charge in [0.15, 0.2) is 6.10 Å². The van der Waals surface area contributed by atoms with Crippen LogP contribution in [-0.2, 0) is 45.8 Å². The van der Waals surface area contributed by atoms with E-state index in [-0.39, 0.29) is 12.0 Å². The van der Waals surface area contributed by atoms with Gasteiger partial charge in [-0.05, 0) is 80.7 Å². The number of fused-ring (bicyclic) bond motifs is 6. The second-order valence-electron chi connectivity index (χ2n) is 18.5. The van der Waals surface area contributed by atoms with Gasteiger partial charge in [0.25, 0.3) is 0 Å². The number of aromatic nitrogens is 1. The minimum Gasteiger partial charge on any atom is -0.496 e. The molecule has 322 valence electrons. The van der Waals surface area contributed by atoms with E-state index >= 15 is 4.79 Å². The normalized spacial score (nSPS) is 36.8. The van der Waals surface area contributed by atoms with Gasteiger partial charge >= 0.3 is 17.9 Å². The second kappa shape index (κ2) is 14.3. The molecule has 1 saturated carbocycles. The average Bonchev–Trinajstić information content (AvgIpc) is 3.90. The van der Waals surface area contributed by atoms with Gasteiger partial charge in [0.05, 0.1) is 33.0 Å². The van der Waals surface area contributed by atoms with Gasteiger partial charge in [-0.1, -0.05) is 44.2 Å². The van der Waals surface area contributed by atoms with E-state index in [2.05, 4.69) is 39.1 Å². The number of esters is 3. The molecule has 0 amide bonds. The van der Waals surface area contributed by atoms with Gasteiger partial charge in [-0.2, -0.15) is 0 Å². The number of aliphatic hydroxyl groups is 2. The minimum atomic E-state index is -2.30. The molecule has 0 radical (unpaired) electrons. The van der Waals surface area contributed by atoms with Gasteiger partial charge in [0.1, 0.15) is 11.2 Å². The van der Waals surface area contributed by atoms with Crippen molar-refractivity contribution in [3.63, 3.8) is 0 Å². The molecule has 60 heavy (non-hydrogen) atoms. The number of rotatable bonds is 7. The topological polar surface area (TPSA) is 154 Å². The average molecular weight is 825 g/mol. The quantitative estimate of drug-likeness (QED) is 0.176. The first-order chi connectivity index (χ1) is 28.7. The summed E-state index contributed by atoms with van der Waals surface area (Å²) in [6, 6.07) is 11.0. The smallest absolute Gasteiger partial charge is 0.344 e. The van der Waals surface area contributed by atoms with E-state index in [9.17, 15) is 19.8 Å². The fraction of sp³-hybridized carbons (Fsp3) is 0.596. The Morgan fingerprint density at radius 2 is 1.72 bits per heavy atom. The first-order valence-corrected chi connectivity index (χ1v) is 21.7. The van der Waals surface area contributed by atoms with Crippen LogP contribution in [0.2, 0.25) is 0 Å². The summed E-state index contributed by atoms with van der Waals surface area (Å²) in [5.41, 5.74) is -1.42. The Bertz CT molecular complexity index is 2270. The van der Waals surface area contributed by atoms with Crippen LogP contribution >= 0.6 is 0 Å². The van der Waals surface area contributed by atoms with Crippen molar-refractivity contribution in [2.75, 3.05) is 66.0 Å². The van der Waals surface area contributed by atoms with Crippen LogP contribution in [0.15, 0.2) is 48.6 Å². The lowest BCUT2D eigenvalue weighted by Gasteiger charge is -2.63. The summed E-state index contributed by atoms with van der Waals surface area (Å²) >= 11 is 0. The number of para-hydroxylation sites is 1. The van der Waals surface area contributed by atoms with Gasteiger partial charge in [0, 0.05) is 90.9 Å². The molecule has 1 aliphatic carbocycles. The largest absolute Gasteiger partial charge is 0.496 e. The molecular formula is C47H60N4O9. The highest BCUT2D eigenvalue weighted by atomic mass is 16.6. The third kappa shape index (κ3) is 5.34. The molecule has 2 saturated heterocycles. The van der Waals surface area contributed by atoms with Crippen LogP contribution in [0, 0.1) is 11.3 Å². The molecule has 10 atom stereocenters. The molecule has 1 unspecified atom stereocenters. The Balaban J connectivity index is 1.34. The highest BCUT2D eigenvalue weighted by Gasteiger charge is 2.80. The number of methoxy groups -OCH3 is 3. The molecule has 2 aromatic carbocycles. The summed E-state index contributed by atoms with van der Waals surface area (Å²) in [5, 5.41) is 26.2. The fourth-order valence-corrected chi connectivity index (χ4v) is 13.6. The molecular weight excluding hydrogens is 765 g/mol. The van der Waals surface area contributed by atoms with Crippen LogP contribution in [0.4, 0.5) is 5.69 Å². The Labute approximate surface area is 352 Å². The molecule has 13 nitrogen and oxygen atoms in total. The molecule has 6 heterocycles. The van der Waals surface area contributed by atoms with Crippen LogP contribution < -0.4 is 9.64 Å². The van der Waals surface area contributed by atoms with E-state index in [0.29, 0.717) is 82.4 Å². The molecule has 3 fully saturated rings. The Kier molecular flexibility index (Phi) is 9.77. The number of nitrogens with one attached hydrogen (secondary N) is 1. The third-order valence-corrected chi connectivity index (χ3v) is 15.9. The monoisotopic (exact) mass is 824 g/mol. The molecule has 1 spiro atoms. The number of ether oxygens (including phenoxy) is 4. The van der Waals surface area contributed by atoms with Crippen molar-refractivity contribution < 1.29 is 43.5 Å². The number of hydrogen-bond acceptors (Lipinski definition) is 12. The van der Waals surface area contributed by atoms with E-state index in [1.54, 1.807) is 7.11 Å². The zero-order chi connectivity index (χ0) is 42.6. The standard InChI is InChI=1S/C47H60N4O9/c1-8-43(55)25-29-15-18-45(41(53)58-6,37-31(16-21-50(26-29)27-43)30-13-10-11-14-34(30)48-37)33-23-32-35(24-36(33)57-5)49(4)39-46(32)19-22-51-20-12-17-44(9-2,38(46)51)40(60-28(3)52)47(39,56)42(54)59-7/h10-14,17,23-24,29,38-40,48,55-56H,8-9,15-16,18-22,25-27H2,1-7H3/t29-,38+,39-,40-,43-,44-,45+,46-,47+/m1/s1. The maximum absolute atomic E-state index is 15.3. The first kappa shape index (κ1) is 40.9. The van der Waals surface area contributed by atoms with Crippen molar-refractivity contribution in [3.8, 4) is 5.75 Å². The molecule has 1 aromatic heterocycles. The SMILES string of the molecule is CC[C@@]1(O)C[C@H]2CC[C@](C(=O)OC)(c3cc4c(cc3OC)N(C)[C@H]3[C@@](O)(C(=O)OC)[C@H](OC(C)=O)[C@]5(CC)C=CCN6CC[C@]43[C@@H]65)c3[nH]c4ccccc4c3CCN(C2)C1. The number of piperidine rings is 1. The lowest BCUT2D eigenvalue weighted by Crippen LogP contribution is -2.81. The highest BCUT2D eigenvalue weighted by Crippen LogP contribution is 2.68. The van der Waals surface area contributed by atoms with E-state index in [0.717, 1.165) is 40.0 Å². The molecule has 9 rings (SSSR count). The number of hydrogen-bond donors (Lipinski definition) is 3. The number of benzene rings is 2. The highest BCUT2D eigenvalue weighted by molar-refractivity contribution is 5.95. The molecule has 13 heteroatoms. The summed E-state index contributed by atoms with van der Waals surface area (Å²) in [6.07, 6.45) is 6.81. The van der Waals surface area contributed by atoms with Crippen LogP contribution in [0.1, 0.15) is 81.7 Å². The van der Waals surface area contributed by atoms with Gasteiger partial charge in [0.2, 0.25) is 5.60 Å². The van der Waals surface area contributed by atoms with E-state index in [1.807, 2.05) is 50.1 Å². The van der Waals surface area contributed by atoms with Gasteiger partial charge in [-0.3, -0.25) is 19.4 Å². The van der Waals surface area contributed by atoms with Crippen molar-refractivity contribution in [1.82, 2.24) is 14.8 Å². The zero-order valence-corrected chi connectivity index (χ0v) is 36.0. The summed E-state index contributed by atoms with van der Waals surface area (Å²) in [5.74, 6) is -1.31. The van der Waals surface area contributed by atoms with E-state index in [1.165, 1.54) is 21.1 Å². The lowest BCUT2D eigenvalue weighted by atomic mass is 9.47. The molecule has 3 N–H and O–H groups in total. The fourth-order valence-electron chi connectivity index (χ4n) is 13.6. The van der Waals surface area contributed by atoms with Crippen LogP contribution in [0.5, 0.6) is 5.75 Å². The number of aromatic amines is 1. The number of likely N-dealkylation sites (N-methyl/N-ethyl adjacent to an activating group) is 1. The predicted molar refractivity (Wildman–Crippen MR) is 225 cm³/mol. The Morgan fingerprint density at radius 3 is 2.42 bits per heavy atom. The van der Waals surface area contributed by atoms with E-state index < -0.39 is 57.5 Å². The number of H-pyrrole nitrogens is 1. The summed E-state index contributed by atoms with van der Waals surface area (Å²) in [6.45, 7) is 8.82. The number of anilines is 1. The predicted octanol–water partition coefficient (Wildman–Crippen LogP) is 4.38. The van der Waals surface area contributed by atoms with Crippen molar-refractivity contribution >= 4 is 34.5 Å². The van der Waals surface area contributed by atoms with Crippen LogP contribution in [0.3, 0.4) is 0 Å².